The molecule has 1 atom stereocenters. The molecular formula is C24H23BrN4O4. The number of aromatic nitrogens is 3. The van der Waals surface area contributed by atoms with Gasteiger partial charge in [0, 0.05) is 10.2 Å². The van der Waals surface area contributed by atoms with Gasteiger partial charge in [-0.05, 0) is 42.3 Å². The van der Waals surface area contributed by atoms with Crippen LogP contribution in [0.1, 0.15) is 24.1 Å². The van der Waals surface area contributed by atoms with Gasteiger partial charge >= 0.3 is 5.97 Å². The fourth-order valence-corrected chi connectivity index (χ4v) is 3.86. The van der Waals surface area contributed by atoms with E-state index in [9.17, 15) is 4.79 Å². The van der Waals surface area contributed by atoms with Crippen LogP contribution in [0, 0.1) is 0 Å². The molecule has 2 aromatic carbocycles. The number of halogens is 1. The summed E-state index contributed by atoms with van der Waals surface area (Å²) < 4.78 is 19.6. The SMILES string of the molecule is C=CCOC(=O)C1=C(C)Nc2ncnn2C1c1ccc(OCc2ccc(Br)cc2)c(OC)c1. The second kappa shape index (κ2) is 9.91. The van der Waals surface area contributed by atoms with Gasteiger partial charge < -0.3 is 19.5 Å². The monoisotopic (exact) mass is 510 g/mol. The molecule has 33 heavy (non-hydrogen) atoms. The van der Waals surface area contributed by atoms with Crippen molar-refractivity contribution in [2.75, 3.05) is 19.0 Å². The van der Waals surface area contributed by atoms with Crippen LogP contribution in [-0.2, 0) is 16.1 Å². The van der Waals surface area contributed by atoms with Gasteiger partial charge in [-0.15, -0.1) is 0 Å². The van der Waals surface area contributed by atoms with Crippen LogP contribution in [0.2, 0.25) is 0 Å². The Morgan fingerprint density at radius 2 is 2.03 bits per heavy atom. The number of methoxy groups -OCH3 is 1. The first kappa shape index (κ1) is 22.6. The van der Waals surface area contributed by atoms with Gasteiger partial charge in [-0.3, -0.25) is 0 Å². The lowest BCUT2D eigenvalue weighted by atomic mass is 9.95. The average molecular weight is 511 g/mol. The lowest BCUT2D eigenvalue weighted by Gasteiger charge is -2.28. The number of hydrogen-bond acceptors (Lipinski definition) is 7. The number of nitrogens with one attached hydrogen (secondary N) is 1. The van der Waals surface area contributed by atoms with Crippen molar-refractivity contribution in [1.29, 1.82) is 0 Å². The van der Waals surface area contributed by atoms with E-state index in [4.69, 9.17) is 14.2 Å². The smallest absolute Gasteiger partial charge is 0.338 e. The summed E-state index contributed by atoms with van der Waals surface area (Å²) in [7, 11) is 1.58. The van der Waals surface area contributed by atoms with Crippen molar-refractivity contribution in [2.45, 2.75) is 19.6 Å². The number of nitrogens with zero attached hydrogens (tertiary/aromatic N) is 3. The third kappa shape index (κ3) is 4.78. The Kier molecular flexibility index (Phi) is 6.79. The summed E-state index contributed by atoms with van der Waals surface area (Å²) >= 11 is 3.43. The van der Waals surface area contributed by atoms with Crippen molar-refractivity contribution >= 4 is 27.8 Å². The summed E-state index contributed by atoms with van der Waals surface area (Å²) in [5.74, 6) is 1.21. The van der Waals surface area contributed by atoms with Crippen LogP contribution in [0.25, 0.3) is 0 Å². The van der Waals surface area contributed by atoms with Crippen LogP contribution in [-0.4, -0.2) is 34.5 Å². The van der Waals surface area contributed by atoms with E-state index in [1.165, 1.54) is 12.4 Å². The number of carbonyl (C=O) groups is 1. The molecule has 8 nitrogen and oxygen atoms in total. The molecule has 1 N–H and O–H groups in total. The Hall–Kier alpha value is -3.59. The van der Waals surface area contributed by atoms with E-state index in [1.54, 1.807) is 11.8 Å². The molecular weight excluding hydrogens is 488 g/mol. The fraction of sp³-hybridized carbons (Fsp3) is 0.208. The van der Waals surface area contributed by atoms with Crippen molar-refractivity contribution in [3.63, 3.8) is 0 Å². The highest BCUT2D eigenvalue weighted by molar-refractivity contribution is 9.10. The molecule has 1 unspecified atom stereocenters. The van der Waals surface area contributed by atoms with Crippen molar-refractivity contribution in [1.82, 2.24) is 14.8 Å². The Labute approximate surface area is 200 Å². The quantitative estimate of drug-likeness (QED) is 0.348. The zero-order valence-corrected chi connectivity index (χ0v) is 19.8. The van der Waals surface area contributed by atoms with Crippen LogP contribution in [0.5, 0.6) is 11.5 Å². The van der Waals surface area contributed by atoms with Crippen molar-refractivity contribution in [3.8, 4) is 11.5 Å². The van der Waals surface area contributed by atoms with Crippen LogP contribution < -0.4 is 14.8 Å². The van der Waals surface area contributed by atoms with Gasteiger partial charge in [0.2, 0.25) is 5.95 Å². The highest BCUT2D eigenvalue weighted by Gasteiger charge is 2.34. The summed E-state index contributed by atoms with van der Waals surface area (Å²) in [5, 5.41) is 7.44. The number of rotatable bonds is 8. The average Bonchev–Trinajstić information content (AvgIpc) is 3.29. The summed E-state index contributed by atoms with van der Waals surface area (Å²) in [4.78, 5) is 17.1. The molecule has 1 aliphatic rings. The first-order valence-electron chi connectivity index (χ1n) is 10.2. The Morgan fingerprint density at radius 1 is 1.24 bits per heavy atom. The number of anilines is 1. The molecule has 4 rings (SSSR count). The lowest BCUT2D eigenvalue weighted by molar-refractivity contribution is -0.138. The van der Waals surface area contributed by atoms with Gasteiger partial charge in [0.25, 0.3) is 0 Å². The maximum Gasteiger partial charge on any atom is 0.338 e. The standard InChI is InChI=1S/C24H23BrN4O4/c1-4-11-32-23(30)21-15(2)28-24-26-14-27-29(24)22(21)17-7-10-19(20(12-17)31-3)33-13-16-5-8-18(25)9-6-16/h4-10,12,14,22H,1,11,13H2,2-3H3,(H,26,27,28). The van der Waals surface area contributed by atoms with Crippen molar-refractivity contribution in [2.24, 2.45) is 0 Å². The highest BCUT2D eigenvalue weighted by Crippen LogP contribution is 2.39. The number of ether oxygens (including phenoxy) is 3. The number of carbonyl (C=O) groups excluding carboxylic acids is 1. The van der Waals surface area contributed by atoms with Gasteiger partial charge in [0.1, 0.15) is 25.6 Å². The van der Waals surface area contributed by atoms with Gasteiger partial charge in [-0.25, -0.2) is 9.48 Å². The van der Waals surface area contributed by atoms with Crippen LogP contribution >= 0.6 is 15.9 Å². The minimum absolute atomic E-state index is 0.110. The molecule has 0 bridgehead atoms. The first-order chi connectivity index (χ1) is 16.0. The third-order valence-electron chi connectivity index (χ3n) is 5.16. The third-order valence-corrected chi connectivity index (χ3v) is 5.69. The number of hydrogen-bond donors (Lipinski definition) is 1. The normalized spacial score (nSPS) is 14.8. The van der Waals surface area contributed by atoms with Crippen LogP contribution in [0.3, 0.4) is 0 Å². The van der Waals surface area contributed by atoms with Crippen LogP contribution in [0.4, 0.5) is 5.95 Å². The summed E-state index contributed by atoms with van der Waals surface area (Å²) in [6.07, 6.45) is 2.97. The predicted octanol–water partition coefficient (Wildman–Crippen LogP) is 4.65. The minimum Gasteiger partial charge on any atom is -0.493 e. The van der Waals surface area contributed by atoms with Crippen molar-refractivity contribution in [3.05, 3.63) is 88.3 Å². The molecule has 0 aliphatic carbocycles. The van der Waals surface area contributed by atoms with E-state index in [-0.39, 0.29) is 6.61 Å². The Balaban J connectivity index is 1.66. The second-order valence-electron chi connectivity index (χ2n) is 7.31. The highest BCUT2D eigenvalue weighted by atomic mass is 79.9. The molecule has 1 aromatic heterocycles. The van der Waals surface area contributed by atoms with Gasteiger partial charge in [-0.2, -0.15) is 10.1 Å². The van der Waals surface area contributed by atoms with Gasteiger partial charge in [0.05, 0.1) is 12.7 Å². The lowest BCUT2D eigenvalue weighted by Crippen LogP contribution is -2.29. The molecule has 0 saturated carbocycles. The predicted molar refractivity (Wildman–Crippen MR) is 127 cm³/mol. The molecule has 9 heteroatoms. The zero-order valence-electron chi connectivity index (χ0n) is 18.2. The number of benzene rings is 2. The topological polar surface area (TPSA) is 87.5 Å². The summed E-state index contributed by atoms with van der Waals surface area (Å²) in [5.41, 5.74) is 2.88. The molecule has 0 amide bonds. The number of allylic oxidation sites excluding steroid dienone is 1. The largest absolute Gasteiger partial charge is 0.493 e. The molecule has 0 fully saturated rings. The van der Waals surface area contributed by atoms with E-state index in [0.29, 0.717) is 35.3 Å². The first-order valence-corrected chi connectivity index (χ1v) is 11.0. The maximum absolute atomic E-state index is 12.9. The molecule has 170 valence electrons. The number of fused-ring (bicyclic) bond motifs is 1. The van der Waals surface area contributed by atoms with E-state index < -0.39 is 12.0 Å². The molecule has 0 radical (unpaired) electrons. The van der Waals surface area contributed by atoms with E-state index in [0.717, 1.165) is 15.6 Å². The summed E-state index contributed by atoms with van der Waals surface area (Å²) in [6, 6.07) is 12.9. The zero-order chi connectivity index (χ0) is 23.4. The Morgan fingerprint density at radius 3 is 2.76 bits per heavy atom. The molecule has 0 saturated heterocycles. The van der Waals surface area contributed by atoms with E-state index in [2.05, 4.69) is 37.9 Å². The minimum atomic E-state index is -0.546. The maximum atomic E-state index is 12.9. The second-order valence-corrected chi connectivity index (χ2v) is 8.22. The van der Waals surface area contributed by atoms with Gasteiger partial charge in [0.15, 0.2) is 11.5 Å². The van der Waals surface area contributed by atoms with E-state index in [1.807, 2.05) is 49.4 Å². The van der Waals surface area contributed by atoms with Crippen LogP contribution in [0.15, 0.2) is 77.2 Å². The van der Waals surface area contributed by atoms with Crippen molar-refractivity contribution < 1.29 is 19.0 Å². The number of esters is 1. The molecule has 1 aliphatic heterocycles. The fourth-order valence-electron chi connectivity index (χ4n) is 3.59. The molecule has 2 heterocycles. The summed E-state index contributed by atoms with van der Waals surface area (Å²) in [6.45, 7) is 5.92. The Bertz CT molecular complexity index is 1200. The molecule has 0 spiro atoms. The van der Waals surface area contributed by atoms with E-state index >= 15 is 0 Å². The molecule has 3 aromatic rings. The van der Waals surface area contributed by atoms with Gasteiger partial charge in [-0.1, -0.05) is 46.8 Å².